The molecule has 0 fully saturated rings. The van der Waals surface area contributed by atoms with Crippen molar-refractivity contribution in [3.05, 3.63) is 118 Å². The number of hydrogen-bond donors (Lipinski definition) is 0. The zero-order valence-corrected chi connectivity index (χ0v) is 33.4. The van der Waals surface area contributed by atoms with E-state index in [1.165, 1.54) is 33.4 Å². The zero-order valence-electron chi connectivity index (χ0n) is 28.2. The molecule has 2 aromatic carbocycles. The van der Waals surface area contributed by atoms with Crippen LogP contribution in [0.4, 0.5) is 11.4 Å². The van der Waals surface area contributed by atoms with E-state index in [0.717, 1.165) is 29.2 Å². The number of halogens is 4. The van der Waals surface area contributed by atoms with Crippen LogP contribution in [0, 0.1) is 0 Å². The molecule has 0 N–H and O–H groups in total. The number of pyridine rings is 2. The molecule has 2 aromatic heterocycles. The summed E-state index contributed by atoms with van der Waals surface area (Å²) in [7, 11) is 0. The average molecular weight is 808 g/mol. The molecular formula is C37H48Cl4N4Ni2. The molecule has 4 nitrogen and oxygen atoms in total. The molecule has 0 saturated heterocycles. The van der Waals surface area contributed by atoms with E-state index in [9.17, 15) is 0 Å². The summed E-state index contributed by atoms with van der Waals surface area (Å²) >= 11 is 0. The number of rotatable bonds is 10. The SMILES string of the molecule is CC(C)c1cc(Cc2cc(C(C)C)c(N=Cc3ccccn3)c(C(C)C)c2)cc(C(C)C)c1N=Cc1ccccn1.Cl.Cl.Cl.Cl.[Ni].[Ni]. The molecule has 264 valence electrons. The average Bonchev–Trinajstić information content (AvgIpc) is 2.95. The molecular weight excluding hydrogens is 760 g/mol. The van der Waals surface area contributed by atoms with Crippen molar-refractivity contribution in [1.82, 2.24) is 9.97 Å². The molecule has 0 saturated carbocycles. The van der Waals surface area contributed by atoms with Crippen molar-refractivity contribution in [3.8, 4) is 0 Å². The Morgan fingerprint density at radius 1 is 0.511 bits per heavy atom. The second-order valence-electron chi connectivity index (χ2n) is 12.1. The first-order chi connectivity index (χ1) is 19.6. The Morgan fingerprint density at radius 3 is 1.04 bits per heavy atom. The fourth-order valence-corrected chi connectivity index (χ4v) is 5.15. The minimum atomic E-state index is 0. The molecule has 0 aliphatic rings. The number of hydrogen-bond acceptors (Lipinski definition) is 4. The van der Waals surface area contributed by atoms with Gasteiger partial charge in [-0.05, 0) is 87.7 Å². The van der Waals surface area contributed by atoms with Crippen molar-refractivity contribution >= 4 is 73.4 Å². The summed E-state index contributed by atoms with van der Waals surface area (Å²) in [6.45, 7) is 18.0. The Morgan fingerprint density at radius 2 is 0.809 bits per heavy atom. The smallest absolute Gasteiger partial charge is 0.0812 e. The molecule has 4 rings (SSSR count). The first-order valence-electron chi connectivity index (χ1n) is 14.9. The predicted molar refractivity (Wildman–Crippen MR) is 204 cm³/mol. The Hall–Kier alpha value is -1.77. The van der Waals surface area contributed by atoms with Crippen molar-refractivity contribution in [3.63, 3.8) is 0 Å². The van der Waals surface area contributed by atoms with E-state index < -0.39 is 0 Å². The van der Waals surface area contributed by atoms with Gasteiger partial charge in [0.15, 0.2) is 0 Å². The fraction of sp³-hybridized carbons (Fsp3) is 0.351. The van der Waals surface area contributed by atoms with Crippen molar-refractivity contribution < 1.29 is 33.0 Å². The van der Waals surface area contributed by atoms with E-state index in [0.29, 0.717) is 23.7 Å². The maximum Gasteiger partial charge on any atom is 0.0812 e. The van der Waals surface area contributed by atoms with Crippen molar-refractivity contribution in [2.45, 2.75) is 85.5 Å². The van der Waals surface area contributed by atoms with Crippen LogP contribution in [0.1, 0.15) is 124 Å². The summed E-state index contributed by atoms with van der Waals surface area (Å²) in [4.78, 5) is 18.9. The number of nitrogens with zero attached hydrogens (tertiary/aromatic N) is 4. The van der Waals surface area contributed by atoms with Gasteiger partial charge in [-0.2, -0.15) is 0 Å². The molecule has 47 heavy (non-hydrogen) atoms. The quantitative estimate of drug-likeness (QED) is 0.118. The first kappa shape index (κ1) is 49.6. The first-order valence-corrected chi connectivity index (χ1v) is 14.9. The van der Waals surface area contributed by atoms with Gasteiger partial charge in [0.05, 0.1) is 35.2 Å². The third-order valence-electron chi connectivity index (χ3n) is 7.38. The van der Waals surface area contributed by atoms with Gasteiger partial charge in [-0.1, -0.05) is 91.8 Å². The molecule has 10 heteroatoms. The zero-order chi connectivity index (χ0) is 29.5. The maximum absolute atomic E-state index is 4.99. The van der Waals surface area contributed by atoms with Crippen LogP contribution in [0.5, 0.6) is 0 Å². The number of benzene rings is 2. The van der Waals surface area contributed by atoms with Gasteiger partial charge in [0.1, 0.15) is 0 Å². The van der Waals surface area contributed by atoms with E-state index in [1.54, 1.807) is 0 Å². The standard InChI is InChI=1S/C37H44N4.4ClH.2Ni/c1-24(2)32-18-28(19-33(25(3)4)36(32)40-22-30-13-9-11-15-38-30)17-29-20-34(26(5)6)37(35(21-29)27(7)8)41-23-31-14-10-12-16-39-31;;;;;;/h9-16,18-27H,17H2,1-8H3;4*1H;;. The second kappa shape index (κ2) is 23.6. The van der Waals surface area contributed by atoms with Crippen LogP contribution in [-0.4, -0.2) is 22.4 Å². The van der Waals surface area contributed by atoms with Gasteiger partial charge in [0.25, 0.3) is 0 Å². The summed E-state index contributed by atoms with van der Waals surface area (Å²) in [6.07, 6.45) is 8.27. The van der Waals surface area contributed by atoms with Gasteiger partial charge in [0.2, 0.25) is 0 Å². The number of aliphatic imine (C=N–C) groups is 2. The fourth-order valence-electron chi connectivity index (χ4n) is 5.15. The van der Waals surface area contributed by atoms with E-state index >= 15 is 0 Å². The minimum absolute atomic E-state index is 0. The third kappa shape index (κ3) is 13.6. The summed E-state index contributed by atoms with van der Waals surface area (Å²) in [5.41, 5.74) is 11.7. The molecule has 4 aromatic rings. The Labute approximate surface area is 327 Å². The molecule has 0 unspecified atom stereocenters. The maximum atomic E-state index is 4.99. The third-order valence-corrected chi connectivity index (χ3v) is 7.38. The molecule has 0 spiro atoms. The van der Waals surface area contributed by atoms with Crippen molar-refractivity contribution in [1.29, 1.82) is 0 Å². The van der Waals surface area contributed by atoms with Gasteiger partial charge in [0, 0.05) is 45.4 Å². The van der Waals surface area contributed by atoms with Crippen LogP contribution in [0.3, 0.4) is 0 Å². The minimum Gasteiger partial charge on any atom is -0.255 e. The molecule has 0 aliphatic heterocycles. The van der Waals surface area contributed by atoms with E-state index in [4.69, 9.17) is 9.98 Å². The Kier molecular flexibility index (Phi) is 24.9. The largest absolute Gasteiger partial charge is 0.255 e. The Balaban J connectivity index is -0.00000323. The summed E-state index contributed by atoms with van der Waals surface area (Å²) < 4.78 is 0. The van der Waals surface area contributed by atoms with E-state index in [1.807, 2.05) is 61.2 Å². The number of aromatic nitrogens is 2. The molecule has 0 atom stereocenters. The molecule has 0 bridgehead atoms. The summed E-state index contributed by atoms with van der Waals surface area (Å²) in [6, 6.07) is 21.3. The molecule has 0 amide bonds. The Bertz CT molecular complexity index is 1360. The molecule has 2 heterocycles. The van der Waals surface area contributed by atoms with Crippen LogP contribution in [-0.2, 0) is 39.4 Å². The van der Waals surface area contributed by atoms with Crippen molar-refractivity contribution in [2.75, 3.05) is 0 Å². The van der Waals surface area contributed by atoms with Gasteiger partial charge < -0.3 is 0 Å². The molecule has 0 aliphatic carbocycles. The topological polar surface area (TPSA) is 50.5 Å². The van der Waals surface area contributed by atoms with Crippen LogP contribution in [0.15, 0.2) is 83.0 Å². The monoisotopic (exact) mass is 804 g/mol. The van der Waals surface area contributed by atoms with Gasteiger partial charge in [-0.15, -0.1) is 49.6 Å². The van der Waals surface area contributed by atoms with Crippen molar-refractivity contribution in [2.24, 2.45) is 9.98 Å². The molecule has 0 radical (unpaired) electrons. The van der Waals surface area contributed by atoms with E-state index in [2.05, 4.69) is 89.6 Å². The van der Waals surface area contributed by atoms with Crippen LogP contribution in [0.25, 0.3) is 0 Å². The van der Waals surface area contributed by atoms with Gasteiger partial charge >= 0.3 is 0 Å². The van der Waals surface area contributed by atoms with Crippen LogP contribution in [0.2, 0.25) is 0 Å². The summed E-state index contributed by atoms with van der Waals surface area (Å²) in [5, 5.41) is 0. The summed E-state index contributed by atoms with van der Waals surface area (Å²) in [5.74, 6) is 1.40. The van der Waals surface area contributed by atoms with Crippen LogP contribution < -0.4 is 0 Å². The predicted octanol–water partition coefficient (Wildman–Crippen LogP) is 11.7. The van der Waals surface area contributed by atoms with Crippen LogP contribution >= 0.6 is 49.6 Å². The van der Waals surface area contributed by atoms with Gasteiger partial charge in [-0.25, -0.2) is 0 Å². The second-order valence-corrected chi connectivity index (χ2v) is 12.1. The van der Waals surface area contributed by atoms with E-state index in [-0.39, 0.29) is 82.6 Å². The van der Waals surface area contributed by atoms with Gasteiger partial charge in [-0.3, -0.25) is 20.0 Å². The normalized spacial score (nSPS) is 10.6.